The quantitative estimate of drug-likeness (QED) is 0.651. The maximum Gasteiger partial charge on any atom is 0.140 e. The molecule has 1 N–H and O–H groups in total. The summed E-state index contributed by atoms with van der Waals surface area (Å²) >= 11 is 0. The number of aromatic nitrogens is 3. The maximum atomic E-state index is 4.31. The molecule has 0 unspecified atom stereocenters. The standard InChI is InChI=1S/C14H28N4/c1-4-5-6-7-8-9-10-18-14(16-12-17-18)11-15-13(2)3/h12-13,15H,4-11H2,1-3H3. The molecule has 0 bridgehead atoms. The fourth-order valence-corrected chi connectivity index (χ4v) is 1.95. The number of hydrogen-bond donors (Lipinski definition) is 1. The van der Waals surface area contributed by atoms with E-state index < -0.39 is 0 Å². The third kappa shape index (κ3) is 6.15. The van der Waals surface area contributed by atoms with E-state index in [1.165, 1.54) is 38.5 Å². The van der Waals surface area contributed by atoms with Crippen LogP contribution >= 0.6 is 0 Å². The molecular formula is C14H28N4. The van der Waals surface area contributed by atoms with Gasteiger partial charge in [-0.25, -0.2) is 9.67 Å². The molecule has 1 aromatic heterocycles. The average molecular weight is 252 g/mol. The van der Waals surface area contributed by atoms with Crippen molar-refractivity contribution in [2.45, 2.75) is 78.4 Å². The molecule has 0 aliphatic carbocycles. The summed E-state index contributed by atoms with van der Waals surface area (Å²) in [6, 6.07) is 0.490. The summed E-state index contributed by atoms with van der Waals surface area (Å²) in [7, 11) is 0. The van der Waals surface area contributed by atoms with Crippen LogP contribution in [0.15, 0.2) is 6.33 Å². The first-order valence-corrected chi connectivity index (χ1v) is 7.34. The summed E-state index contributed by atoms with van der Waals surface area (Å²) in [5.41, 5.74) is 0. The van der Waals surface area contributed by atoms with Gasteiger partial charge >= 0.3 is 0 Å². The summed E-state index contributed by atoms with van der Waals surface area (Å²) in [6.07, 6.45) is 9.58. The van der Waals surface area contributed by atoms with Crippen molar-refractivity contribution in [1.29, 1.82) is 0 Å². The molecule has 0 atom stereocenters. The van der Waals surface area contributed by atoms with Crippen molar-refractivity contribution < 1.29 is 0 Å². The topological polar surface area (TPSA) is 42.7 Å². The van der Waals surface area contributed by atoms with E-state index in [0.717, 1.165) is 18.9 Å². The first-order chi connectivity index (χ1) is 8.74. The van der Waals surface area contributed by atoms with Gasteiger partial charge in [-0.2, -0.15) is 5.10 Å². The van der Waals surface area contributed by atoms with E-state index in [-0.39, 0.29) is 0 Å². The lowest BCUT2D eigenvalue weighted by Crippen LogP contribution is -2.24. The fourth-order valence-electron chi connectivity index (χ4n) is 1.95. The van der Waals surface area contributed by atoms with Crippen LogP contribution in [0.25, 0.3) is 0 Å². The minimum atomic E-state index is 0.490. The maximum absolute atomic E-state index is 4.31. The molecular weight excluding hydrogens is 224 g/mol. The van der Waals surface area contributed by atoms with Gasteiger partial charge in [-0.15, -0.1) is 0 Å². The van der Waals surface area contributed by atoms with Gasteiger partial charge in [0, 0.05) is 12.6 Å². The van der Waals surface area contributed by atoms with Crippen molar-refractivity contribution in [3.05, 3.63) is 12.2 Å². The lowest BCUT2D eigenvalue weighted by Gasteiger charge is -2.09. The van der Waals surface area contributed by atoms with Crippen LogP contribution in [-0.4, -0.2) is 20.8 Å². The van der Waals surface area contributed by atoms with E-state index in [4.69, 9.17) is 0 Å². The van der Waals surface area contributed by atoms with E-state index in [1.807, 2.05) is 4.68 Å². The lowest BCUT2D eigenvalue weighted by atomic mass is 10.1. The lowest BCUT2D eigenvalue weighted by molar-refractivity contribution is 0.488. The highest BCUT2D eigenvalue weighted by atomic mass is 15.3. The Labute approximate surface area is 111 Å². The number of nitrogens with one attached hydrogen (secondary N) is 1. The van der Waals surface area contributed by atoms with Crippen molar-refractivity contribution in [3.63, 3.8) is 0 Å². The molecule has 104 valence electrons. The molecule has 0 radical (unpaired) electrons. The highest BCUT2D eigenvalue weighted by Crippen LogP contribution is 2.06. The first-order valence-electron chi connectivity index (χ1n) is 7.34. The van der Waals surface area contributed by atoms with Crippen molar-refractivity contribution in [1.82, 2.24) is 20.1 Å². The van der Waals surface area contributed by atoms with Crippen molar-refractivity contribution in [2.24, 2.45) is 0 Å². The number of aryl methyl sites for hydroxylation is 1. The Balaban J connectivity index is 2.19. The van der Waals surface area contributed by atoms with E-state index in [9.17, 15) is 0 Å². The summed E-state index contributed by atoms with van der Waals surface area (Å²) < 4.78 is 2.04. The second-order valence-corrected chi connectivity index (χ2v) is 5.20. The molecule has 1 rings (SSSR count). The van der Waals surface area contributed by atoms with Crippen LogP contribution in [-0.2, 0) is 13.1 Å². The van der Waals surface area contributed by atoms with Crippen LogP contribution in [0.1, 0.15) is 65.1 Å². The Hall–Kier alpha value is -0.900. The van der Waals surface area contributed by atoms with Gasteiger partial charge in [0.15, 0.2) is 0 Å². The summed E-state index contributed by atoms with van der Waals surface area (Å²) in [4.78, 5) is 4.31. The summed E-state index contributed by atoms with van der Waals surface area (Å²) in [5.74, 6) is 1.05. The Morgan fingerprint density at radius 3 is 2.61 bits per heavy atom. The molecule has 0 fully saturated rings. The Morgan fingerprint density at radius 1 is 1.17 bits per heavy atom. The molecule has 18 heavy (non-hydrogen) atoms. The van der Waals surface area contributed by atoms with Gasteiger partial charge in [0.05, 0.1) is 6.54 Å². The van der Waals surface area contributed by atoms with Crippen molar-refractivity contribution in [3.8, 4) is 0 Å². The van der Waals surface area contributed by atoms with E-state index >= 15 is 0 Å². The van der Waals surface area contributed by atoms with Crippen LogP contribution in [0, 0.1) is 0 Å². The zero-order chi connectivity index (χ0) is 13.2. The summed E-state index contributed by atoms with van der Waals surface area (Å²) in [5, 5.41) is 7.68. The monoisotopic (exact) mass is 252 g/mol. The third-order valence-corrected chi connectivity index (χ3v) is 3.09. The molecule has 0 spiro atoms. The number of nitrogens with zero attached hydrogens (tertiary/aromatic N) is 3. The van der Waals surface area contributed by atoms with Crippen LogP contribution in [0.3, 0.4) is 0 Å². The number of unbranched alkanes of at least 4 members (excludes halogenated alkanes) is 5. The number of rotatable bonds is 10. The number of hydrogen-bond acceptors (Lipinski definition) is 3. The van der Waals surface area contributed by atoms with Crippen molar-refractivity contribution >= 4 is 0 Å². The molecule has 1 aromatic rings. The van der Waals surface area contributed by atoms with Gasteiger partial charge in [-0.3, -0.25) is 0 Å². The minimum Gasteiger partial charge on any atom is -0.308 e. The zero-order valence-electron chi connectivity index (χ0n) is 12.2. The highest BCUT2D eigenvalue weighted by Gasteiger charge is 2.04. The van der Waals surface area contributed by atoms with Crippen LogP contribution in [0.5, 0.6) is 0 Å². The Morgan fingerprint density at radius 2 is 1.89 bits per heavy atom. The smallest absolute Gasteiger partial charge is 0.140 e. The van der Waals surface area contributed by atoms with E-state index in [2.05, 4.69) is 36.2 Å². The second kappa shape index (κ2) is 9.09. The molecule has 0 aliphatic rings. The van der Waals surface area contributed by atoms with Crippen LogP contribution in [0.4, 0.5) is 0 Å². The zero-order valence-corrected chi connectivity index (χ0v) is 12.2. The van der Waals surface area contributed by atoms with Gasteiger partial charge in [-0.05, 0) is 6.42 Å². The van der Waals surface area contributed by atoms with Gasteiger partial charge in [0.25, 0.3) is 0 Å². The highest BCUT2D eigenvalue weighted by molar-refractivity contribution is 4.84. The molecule has 4 nitrogen and oxygen atoms in total. The van der Waals surface area contributed by atoms with Gasteiger partial charge in [0.2, 0.25) is 0 Å². The molecule has 0 saturated carbocycles. The predicted molar refractivity (Wildman–Crippen MR) is 75.4 cm³/mol. The SMILES string of the molecule is CCCCCCCCn1ncnc1CNC(C)C. The first kappa shape index (κ1) is 15.2. The van der Waals surface area contributed by atoms with Gasteiger partial charge < -0.3 is 5.32 Å². The normalized spacial score (nSPS) is 11.3. The average Bonchev–Trinajstić information content (AvgIpc) is 2.78. The molecule has 1 heterocycles. The van der Waals surface area contributed by atoms with Gasteiger partial charge in [-0.1, -0.05) is 52.9 Å². The van der Waals surface area contributed by atoms with Crippen molar-refractivity contribution in [2.75, 3.05) is 0 Å². The second-order valence-electron chi connectivity index (χ2n) is 5.20. The van der Waals surface area contributed by atoms with Gasteiger partial charge in [0.1, 0.15) is 12.2 Å². The molecule has 0 aromatic carbocycles. The third-order valence-electron chi connectivity index (χ3n) is 3.09. The van der Waals surface area contributed by atoms with Crippen LogP contribution in [0.2, 0.25) is 0 Å². The van der Waals surface area contributed by atoms with E-state index in [1.54, 1.807) is 6.33 Å². The molecule has 0 amide bonds. The fraction of sp³-hybridized carbons (Fsp3) is 0.857. The molecule has 0 aliphatic heterocycles. The summed E-state index contributed by atoms with van der Waals surface area (Å²) in [6.45, 7) is 8.36. The van der Waals surface area contributed by atoms with E-state index in [0.29, 0.717) is 6.04 Å². The Kier molecular flexibility index (Phi) is 7.65. The molecule has 4 heteroatoms. The Bertz CT molecular complexity index is 306. The largest absolute Gasteiger partial charge is 0.308 e. The minimum absolute atomic E-state index is 0.490. The molecule has 0 saturated heterocycles. The van der Waals surface area contributed by atoms with Crippen LogP contribution < -0.4 is 5.32 Å². The predicted octanol–water partition coefficient (Wildman–Crippen LogP) is 3.14.